The van der Waals surface area contributed by atoms with Crippen molar-refractivity contribution in [2.24, 2.45) is 5.10 Å². The van der Waals surface area contributed by atoms with E-state index < -0.39 is 10.0 Å². The summed E-state index contributed by atoms with van der Waals surface area (Å²) < 4.78 is 27.7. The summed E-state index contributed by atoms with van der Waals surface area (Å²) >= 11 is 3.44. The van der Waals surface area contributed by atoms with E-state index in [-0.39, 0.29) is 4.90 Å². The lowest BCUT2D eigenvalue weighted by atomic mass is 10.1. The van der Waals surface area contributed by atoms with E-state index in [1.54, 1.807) is 12.1 Å². The zero-order valence-corrected chi connectivity index (χ0v) is 16.9. The first-order valence-electron chi connectivity index (χ1n) is 8.49. The third-order valence-corrected chi connectivity index (χ3v) is 6.65. The molecular weight excluding hydrogens is 416 g/mol. The zero-order chi connectivity index (χ0) is 18.6. The van der Waals surface area contributed by atoms with Gasteiger partial charge in [0.2, 0.25) is 10.0 Å². The van der Waals surface area contributed by atoms with Gasteiger partial charge in [-0.25, -0.2) is 13.4 Å². The molecule has 0 spiro atoms. The van der Waals surface area contributed by atoms with Crippen molar-refractivity contribution in [2.45, 2.75) is 31.1 Å². The third kappa shape index (κ3) is 4.49. The molecule has 0 unspecified atom stereocenters. The van der Waals surface area contributed by atoms with Crippen LogP contribution in [0.3, 0.4) is 0 Å². The summed E-state index contributed by atoms with van der Waals surface area (Å²) in [5, 5.41) is 4.31. The minimum atomic E-state index is -3.46. The number of rotatable bonds is 5. The van der Waals surface area contributed by atoms with E-state index in [9.17, 15) is 8.42 Å². The number of piperidine rings is 1. The van der Waals surface area contributed by atoms with E-state index >= 15 is 0 Å². The minimum Gasteiger partial charge on any atom is -0.261 e. The molecule has 138 valence electrons. The molecule has 1 fully saturated rings. The van der Waals surface area contributed by atoms with E-state index in [0.29, 0.717) is 18.9 Å². The van der Waals surface area contributed by atoms with Crippen molar-refractivity contribution in [3.8, 4) is 0 Å². The van der Waals surface area contributed by atoms with Crippen molar-refractivity contribution in [3.63, 3.8) is 0 Å². The Bertz CT molecular complexity index is 892. The van der Waals surface area contributed by atoms with Crippen LogP contribution in [0.5, 0.6) is 0 Å². The van der Waals surface area contributed by atoms with Crippen LogP contribution in [0, 0.1) is 0 Å². The van der Waals surface area contributed by atoms with Gasteiger partial charge in [0.05, 0.1) is 5.71 Å². The number of pyridine rings is 1. The first kappa shape index (κ1) is 19.0. The Labute approximate surface area is 162 Å². The van der Waals surface area contributed by atoms with Crippen LogP contribution < -0.4 is 5.43 Å². The Morgan fingerprint density at radius 3 is 2.62 bits per heavy atom. The lowest BCUT2D eigenvalue weighted by molar-refractivity contribution is 0.346. The Hall–Kier alpha value is -1.77. The highest BCUT2D eigenvalue weighted by Crippen LogP contribution is 2.20. The monoisotopic (exact) mass is 436 g/mol. The van der Waals surface area contributed by atoms with E-state index in [2.05, 4.69) is 31.4 Å². The van der Waals surface area contributed by atoms with Gasteiger partial charge >= 0.3 is 0 Å². The fourth-order valence-corrected chi connectivity index (χ4v) is 4.63. The maximum Gasteiger partial charge on any atom is 0.244 e. The summed E-state index contributed by atoms with van der Waals surface area (Å²) in [7, 11) is -3.46. The van der Waals surface area contributed by atoms with E-state index in [1.807, 2.05) is 31.2 Å². The fourth-order valence-electron chi connectivity index (χ4n) is 2.77. The van der Waals surface area contributed by atoms with Crippen LogP contribution in [0.1, 0.15) is 31.7 Å². The van der Waals surface area contributed by atoms with Gasteiger partial charge in [-0.3, -0.25) is 5.43 Å². The standard InChI is InChI=1S/C18H21BrN4O2S/c1-14(15-6-5-7-16(19)12-15)21-22-18-9-8-17(13-20-18)26(24,25)23-10-3-2-4-11-23/h5-9,12-13H,2-4,10-11H2,1H3,(H,20,22)/b21-14-. The predicted molar refractivity (Wildman–Crippen MR) is 107 cm³/mol. The molecule has 0 saturated carbocycles. The molecule has 0 amide bonds. The molecule has 26 heavy (non-hydrogen) atoms. The number of nitrogens with one attached hydrogen (secondary N) is 1. The maximum absolute atomic E-state index is 12.6. The van der Waals surface area contributed by atoms with Crippen molar-refractivity contribution in [1.29, 1.82) is 0 Å². The smallest absolute Gasteiger partial charge is 0.244 e. The summed E-state index contributed by atoms with van der Waals surface area (Å²) in [5.74, 6) is 0.497. The number of aromatic nitrogens is 1. The number of hydrazone groups is 1. The van der Waals surface area contributed by atoms with Gasteiger partial charge in [0.15, 0.2) is 0 Å². The average Bonchev–Trinajstić information content (AvgIpc) is 2.67. The molecule has 0 radical (unpaired) electrons. The number of hydrogen-bond acceptors (Lipinski definition) is 5. The molecule has 2 aromatic rings. The zero-order valence-electron chi connectivity index (χ0n) is 14.5. The van der Waals surface area contributed by atoms with Gasteiger partial charge in [0.25, 0.3) is 0 Å². The van der Waals surface area contributed by atoms with Gasteiger partial charge in [-0.05, 0) is 49.6 Å². The van der Waals surface area contributed by atoms with Crippen LogP contribution in [-0.2, 0) is 10.0 Å². The van der Waals surface area contributed by atoms with E-state index in [0.717, 1.165) is 35.0 Å². The molecule has 6 nitrogen and oxygen atoms in total. The highest BCUT2D eigenvalue weighted by molar-refractivity contribution is 9.10. The molecule has 0 atom stereocenters. The number of benzene rings is 1. The first-order valence-corrected chi connectivity index (χ1v) is 10.7. The summed E-state index contributed by atoms with van der Waals surface area (Å²) in [4.78, 5) is 4.41. The van der Waals surface area contributed by atoms with Crippen LogP contribution >= 0.6 is 15.9 Å². The molecular formula is C18H21BrN4O2S. The number of sulfonamides is 1. The molecule has 8 heteroatoms. The Morgan fingerprint density at radius 1 is 1.19 bits per heavy atom. The highest BCUT2D eigenvalue weighted by Gasteiger charge is 2.26. The van der Waals surface area contributed by atoms with Crippen LogP contribution in [0.2, 0.25) is 0 Å². The lowest BCUT2D eigenvalue weighted by Crippen LogP contribution is -2.35. The van der Waals surface area contributed by atoms with Crippen molar-refractivity contribution in [2.75, 3.05) is 18.5 Å². The number of nitrogens with zero attached hydrogens (tertiary/aromatic N) is 3. The fraction of sp³-hybridized carbons (Fsp3) is 0.333. The summed E-state index contributed by atoms with van der Waals surface area (Å²) in [6, 6.07) is 11.0. The summed E-state index contributed by atoms with van der Waals surface area (Å²) in [6.45, 7) is 3.06. The molecule has 3 rings (SSSR count). The Balaban J connectivity index is 1.70. The molecule has 1 aromatic heterocycles. The van der Waals surface area contributed by atoms with Gasteiger partial charge in [-0.15, -0.1) is 0 Å². The number of anilines is 1. The topological polar surface area (TPSA) is 74.7 Å². The van der Waals surface area contributed by atoms with Gasteiger partial charge < -0.3 is 0 Å². The molecule has 1 aliphatic rings. The highest BCUT2D eigenvalue weighted by atomic mass is 79.9. The normalized spacial score (nSPS) is 16.5. The number of halogens is 1. The third-order valence-electron chi connectivity index (χ3n) is 4.27. The van der Waals surface area contributed by atoms with Crippen molar-refractivity contribution in [3.05, 3.63) is 52.6 Å². The van der Waals surface area contributed by atoms with Crippen molar-refractivity contribution < 1.29 is 8.42 Å². The summed E-state index contributed by atoms with van der Waals surface area (Å²) in [6.07, 6.45) is 4.30. The second-order valence-corrected chi connectivity index (χ2v) is 9.02. The van der Waals surface area contributed by atoms with Crippen LogP contribution in [-0.4, -0.2) is 36.5 Å². The lowest BCUT2D eigenvalue weighted by Gasteiger charge is -2.25. The number of hydrogen-bond donors (Lipinski definition) is 1. The van der Waals surface area contributed by atoms with E-state index in [1.165, 1.54) is 10.5 Å². The molecule has 2 heterocycles. The molecule has 1 N–H and O–H groups in total. The second kappa shape index (κ2) is 8.28. The molecule has 1 saturated heterocycles. The maximum atomic E-state index is 12.6. The molecule has 1 aromatic carbocycles. The van der Waals surface area contributed by atoms with Gasteiger partial charge in [-0.1, -0.05) is 34.5 Å². The second-order valence-electron chi connectivity index (χ2n) is 6.16. The van der Waals surface area contributed by atoms with Crippen molar-refractivity contribution >= 4 is 37.5 Å². The van der Waals surface area contributed by atoms with Crippen LogP contribution in [0.4, 0.5) is 5.82 Å². The quantitative estimate of drug-likeness (QED) is 0.570. The molecule has 0 aliphatic carbocycles. The first-order chi connectivity index (χ1) is 12.5. The minimum absolute atomic E-state index is 0.220. The Morgan fingerprint density at radius 2 is 1.96 bits per heavy atom. The predicted octanol–water partition coefficient (Wildman–Crippen LogP) is 3.85. The largest absolute Gasteiger partial charge is 0.261 e. The van der Waals surface area contributed by atoms with Gasteiger partial charge in [-0.2, -0.15) is 9.41 Å². The molecule has 0 bridgehead atoms. The van der Waals surface area contributed by atoms with Crippen LogP contribution in [0.15, 0.2) is 57.1 Å². The van der Waals surface area contributed by atoms with Gasteiger partial charge in [0.1, 0.15) is 10.7 Å². The Kier molecular flexibility index (Phi) is 6.05. The van der Waals surface area contributed by atoms with Gasteiger partial charge in [0, 0.05) is 23.8 Å². The SMILES string of the molecule is C/C(=N/Nc1ccc(S(=O)(=O)N2CCCCC2)cn1)c1cccc(Br)c1. The van der Waals surface area contributed by atoms with Crippen LogP contribution in [0.25, 0.3) is 0 Å². The van der Waals surface area contributed by atoms with Crippen molar-refractivity contribution in [1.82, 2.24) is 9.29 Å². The molecule has 1 aliphatic heterocycles. The summed E-state index contributed by atoms with van der Waals surface area (Å²) in [5.41, 5.74) is 4.66. The van der Waals surface area contributed by atoms with E-state index in [4.69, 9.17) is 0 Å². The average molecular weight is 437 g/mol.